The Hall–Kier alpha value is -1.26. The van der Waals surface area contributed by atoms with Gasteiger partial charge in [-0.05, 0) is 37.9 Å². The van der Waals surface area contributed by atoms with Gasteiger partial charge in [0.2, 0.25) is 0 Å². The zero-order chi connectivity index (χ0) is 13.8. The van der Waals surface area contributed by atoms with Crippen molar-refractivity contribution in [3.63, 3.8) is 0 Å². The standard InChI is InChI=1S/C16H24N2O2/c1-18(11-13-6-8-19-9-7-13)12-14-10-17-15-4-2-3-5-16(15)20-14/h2-5,13-14,17H,6-12H2,1H3. The highest BCUT2D eigenvalue weighted by molar-refractivity contribution is 5.57. The minimum atomic E-state index is 0.231. The largest absolute Gasteiger partial charge is 0.485 e. The van der Waals surface area contributed by atoms with Crippen molar-refractivity contribution >= 4 is 5.69 Å². The van der Waals surface area contributed by atoms with E-state index in [1.54, 1.807) is 0 Å². The molecule has 20 heavy (non-hydrogen) atoms. The fraction of sp³-hybridized carbons (Fsp3) is 0.625. The zero-order valence-corrected chi connectivity index (χ0v) is 12.2. The Kier molecular flexibility index (Phi) is 4.43. The molecular formula is C16H24N2O2. The van der Waals surface area contributed by atoms with Crippen LogP contribution in [0, 0.1) is 5.92 Å². The van der Waals surface area contributed by atoms with Crippen molar-refractivity contribution < 1.29 is 9.47 Å². The fourth-order valence-electron chi connectivity index (χ4n) is 3.05. The number of ether oxygens (including phenoxy) is 2. The van der Waals surface area contributed by atoms with E-state index in [-0.39, 0.29) is 6.10 Å². The van der Waals surface area contributed by atoms with Crippen LogP contribution in [-0.2, 0) is 4.74 Å². The molecule has 1 N–H and O–H groups in total. The highest BCUT2D eigenvalue weighted by Crippen LogP contribution is 2.28. The lowest BCUT2D eigenvalue weighted by Gasteiger charge is -2.32. The Morgan fingerprint density at radius 1 is 1.20 bits per heavy atom. The van der Waals surface area contributed by atoms with Crippen molar-refractivity contribution in [1.29, 1.82) is 0 Å². The molecule has 0 radical (unpaired) electrons. The van der Waals surface area contributed by atoms with E-state index in [1.165, 1.54) is 12.8 Å². The van der Waals surface area contributed by atoms with Crippen molar-refractivity contribution in [2.24, 2.45) is 5.92 Å². The number of anilines is 1. The van der Waals surface area contributed by atoms with E-state index in [9.17, 15) is 0 Å². The molecule has 2 aliphatic rings. The number of nitrogens with zero attached hydrogens (tertiary/aromatic N) is 1. The van der Waals surface area contributed by atoms with Crippen molar-refractivity contribution in [3.05, 3.63) is 24.3 Å². The maximum atomic E-state index is 6.06. The summed E-state index contributed by atoms with van der Waals surface area (Å²) in [6.07, 6.45) is 2.61. The van der Waals surface area contributed by atoms with E-state index in [0.29, 0.717) is 0 Å². The van der Waals surface area contributed by atoms with Gasteiger partial charge >= 0.3 is 0 Å². The summed E-state index contributed by atoms with van der Waals surface area (Å²) in [4.78, 5) is 2.40. The number of hydrogen-bond donors (Lipinski definition) is 1. The third-order valence-corrected chi connectivity index (χ3v) is 4.13. The number of rotatable bonds is 4. The van der Waals surface area contributed by atoms with Crippen LogP contribution < -0.4 is 10.1 Å². The summed E-state index contributed by atoms with van der Waals surface area (Å²) >= 11 is 0. The van der Waals surface area contributed by atoms with E-state index >= 15 is 0 Å². The molecule has 0 bridgehead atoms. The lowest BCUT2D eigenvalue weighted by Crippen LogP contribution is -2.42. The molecule has 110 valence electrons. The molecule has 1 unspecified atom stereocenters. The quantitative estimate of drug-likeness (QED) is 0.914. The van der Waals surface area contributed by atoms with Gasteiger partial charge in [0.15, 0.2) is 0 Å². The Labute approximate surface area is 121 Å². The van der Waals surface area contributed by atoms with Crippen LogP contribution in [0.3, 0.4) is 0 Å². The molecule has 0 aliphatic carbocycles. The summed E-state index contributed by atoms with van der Waals surface area (Å²) in [7, 11) is 2.19. The number of nitrogens with one attached hydrogen (secondary N) is 1. The van der Waals surface area contributed by atoms with Gasteiger partial charge in [0.05, 0.1) is 12.2 Å². The Morgan fingerprint density at radius 3 is 2.85 bits per heavy atom. The lowest BCUT2D eigenvalue weighted by atomic mass is 10.00. The Morgan fingerprint density at radius 2 is 2.00 bits per heavy atom. The zero-order valence-electron chi connectivity index (χ0n) is 12.2. The van der Waals surface area contributed by atoms with Crippen LogP contribution in [0.2, 0.25) is 0 Å². The smallest absolute Gasteiger partial charge is 0.142 e. The molecule has 1 atom stereocenters. The predicted octanol–water partition coefficient (Wildman–Crippen LogP) is 2.22. The maximum absolute atomic E-state index is 6.06. The second-order valence-electron chi connectivity index (χ2n) is 5.89. The van der Waals surface area contributed by atoms with Gasteiger partial charge in [0, 0.05) is 26.3 Å². The van der Waals surface area contributed by atoms with Crippen molar-refractivity contribution in [1.82, 2.24) is 4.90 Å². The first-order valence-electron chi connectivity index (χ1n) is 7.57. The molecule has 4 heteroatoms. The SMILES string of the molecule is CN(CC1CCOCC1)CC1CNc2ccccc2O1. The maximum Gasteiger partial charge on any atom is 0.142 e. The molecule has 0 aromatic heterocycles. The summed E-state index contributed by atoms with van der Waals surface area (Å²) < 4.78 is 11.5. The summed E-state index contributed by atoms with van der Waals surface area (Å²) in [6.45, 7) is 4.85. The average Bonchev–Trinajstić information content (AvgIpc) is 2.48. The van der Waals surface area contributed by atoms with Crippen LogP contribution in [0.1, 0.15) is 12.8 Å². The van der Waals surface area contributed by atoms with Gasteiger partial charge in [-0.25, -0.2) is 0 Å². The fourth-order valence-corrected chi connectivity index (χ4v) is 3.05. The molecule has 2 heterocycles. The molecule has 4 nitrogen and oxygen atoms in total. The summed E-state index contributed by atoms with van der Waals surface area (Å²) in [5, 5.41) is 3.45. The first-order valence-corrected chi connectivity index (χ1v) is 7.57. The third kappa shape index (κ3) is 3.44. The third-order valence-electron chi connectivity index (χ3n) is 4.13. The summed E-state index contributed by atoms with van der Waals surface area (Å²) in [6, 6.07) is 8.16. The van der Waals surface area contributed by atoms with Crippen LogP contribution in [0.25, 0.3) is 0 Å². The molecule has 1 fully saturated rings. The van der Waals surface area contributed by atoms with Gasteiger partial charge in [-0.15, -0.1) is 0 Å². The minimum Gasteiger partial charge on any atom is -0.485 e. The van der Waals surface area contributed by atoms with Crippen LogP contribution in [0.15, 0.2) is 24.3 Å². The minimum absolute atomic E-state index is 0.231. The molecular weight excluding hydrogens is 252 g/mol. The molecule has 2 aliphatic heterocycles. The van der Waals surface area contributed by atoms with Gasteiger partial charge in [-0.1, -0.05) is 12.1 Å². The van der Waals surface area contributed by atoms with Crippen LogP contribution >= 0.6 is 0 Å². The first kappa shape index (κ1) is 13.7. The van der Waals surface area contributed by atoms with Gasteiger partial charge in [0.1, 0.15) is 11.9 Å². The number of benzene rings is 1. The van der Waals surface area contributed by atoms with Gasteiger partial charge in [-0.2, -0.15) is 0 Å². The van der Waals surface area contributed by atoms with Crippen LogP contribution in [0.4, 0.5) is 5.69 Å². The van der Waals surface area contributed by atoms with E-state index in [4.69, 9.17) is 9.47 Å². The molecule has 0 spiro atoms. The molecule has 1 aromatic carbocycles. The van der Waals surface area contributed by atoms with E-state index in [1.807, 2.05) is 18.2 Å². The summed E-state index contributed by atoms with van der Waals surface area (Å²) in [5.41, 5.74) is 1.11. The number of fused-ring (bicyclic) bond motifs is 1. The number of para-hydroxylation sites is 2. The Balaban J connectivity index is 1.48. The summed E-state index contributed by atoms with van der Waals surface area (Å²) in [5.74, 6) is 1.75. The van der Waals surface area contributed by atoms with E-state index in [2.05, 4.69) is 23.3 Å². The molecule has 0 amide bonds. The first-order chi connectivity index (χ1) is 9.81. The number of hydrogen-bond acceptors (Lipinski definition) is 4. The normalized spacial score (nSPS) is 23.0. The number of likely N-dealkylation sites (N-methyl/N-ethyl adjacent to an activating group) is 1. The van der Waals surface area contributed by atoms with Crippen molar-refractivity contribution in [2.45, 2.75) is 18.9 Å². The van der Waals surface area contributed by atoms with Crippen molar-refractivity contribution in [3.8, 4) is 5.75 Å². The van der Waals surface area contributed by atoms with Crippen molar-refractivity contribution in [2.75, 3.05) is 45.2 Å². The highest BCUT2D eigenvalue weighted by atomic mass is 16.5. The van der Waals surface area contributed by atoms with E-state index in [0.717, 1.165) is 50.2 Å². The van der Waals surface area contributed by atoms with Gasteiger partial charge in [-0.3, -0.25) is 0 Å². The van der Waals surface area contributed by atoms with Crippen LogP contribution in [0.5, 0.6) is 5.75 Å². The molecule has 1 saturated heterocycles. The van der Waals surface area contributed by atoms with E-state index < -0.39 is 0 Å². The average molecular weight is 276 g/mol. The topological polar surface area (TPSA) is 33.7 Å². The monoisotopic (exact) mass is 276 g/mol. The molecule has 3 rings (SSSR count). The highest BCUT2D eigenvalue weighted by Gasteiger charge is 2.22. The lowest BCUT2D eigenvalue weighted by molar-refractivity contribution is 0.0504. The predicted molar refractivity (Wildman–Crippen MR) is 80.4 cm³/mol. The molecule has 1 aromatic rings. The second-order valence-corrected chi connectivity index (χ2v) is 5.89. The van der Waals surface area contributed by atoms with Gasteiger partial charge < -0.3 is 19.7 Å². The Bertz CT molecular complexity index is 432. The van der Waals surface area contributed by atoms with Gasteiger partial charge in [0.25, 0.3) is 0 Å². The molecule has 0 saturated carbocycles. The van der Waals surface area contributed by atoms with Crippen LogP contribution in [-0.4, -0.2) is 50.9 Å². The second kappa shape index (κ2) is 6.46.